The Hall–Kier alpha value is -2.67. The summed E-state index contributed by atoms with van der Waals surface area (Å²) in [5.41, 5.74) is 3.32. The number of fused-ring (bicyclic) bond motifs is 1. The fraction of sp³-hybridized carbons (Fsp3) is 0.450. The smallest absolute Gasteiger partial charge is 0.179 e. The minimum absolute atomic E-state index is 0.555. The maximum atomic E-state index is 5.23. The van der Waals surface area contributed by atoms with Crippen molar-refractivity contribution in [2.24, 2.45) is 0 Å². The number of methoxy groups -OCH3 is 1. The largest absolute Gasteiger partial charge is 0.497 e. The molecule has 0 radical (unpaired) electrons. The molecule has 3 aromatic rings. The molecule has 0 unspecified atom stereocenters. The van der Waals surface area contributed by atoms with Crippen LogP contribution in [0.4, 0.5) is 5.69 Å². The molecule has 0 spiro atoms. The van der Waals surface area contributed by atoms with E-state index < -0.39 is 0 Å². The first kappa shape index (κ1) is 16.5. The second-order valence-corrected chi connectivity index (χ2v) is 7.43. The first-order chi connectivity index (χ1) is 13.3. The van der Waals surface area contributed by atoms with Crippen molar-refractivity contribution in [3.8, 4) is 5.75 Å². The van der Waals surface area contributed by atoms with Gasteiger partial charge in [0.15, 0.2) is 11.5 Å². The van der Waals surface area contributed by atoms with Crippen LogP contribution in [0, 0.1) is 0 Å². The highest BCUT2D eigenvalue weighted by molar-refractivity contribution is 5.54. The highest BCUT2D eigenvalue weighted by Gasteiger charge is 2.29. The van der Waals surface area contributed by atoms with Gasteiger partial charge in [0, 0.05) is 44.7 Å². The number of nitrogens with zero attached hydrogens (tertiary/aromatic N) is 6. The number of aromatic nitrogens is 4. The van der Waals surface area contributed by atoms with Gasteiger partial charge >= 0.3 is 0 Å². The summed E-state index contributed by atoms with van der Waals surface area (Å²) in [4.78, 5) is 4.88. The lowest BCUT2D eigenvalue weighted by Crippen LogP contribution is -2.46. The summed E-state index contributed by atoms with van der Waals surface area (Å²) in [6.45, 7) is 5.05. The third-order valence-electron chi connectivity index (χ3n) is 5.52. The zero-order chi connectivity index (χ0) is 18.2. The van der Waals surface area contributed by atoms with Gasteiger partial charge in [-0.2, -0.15) is 9.61 Å². The maximum Gasteiger partial charge on any atom is 0.179 e. The standard InChI is InChI=1S/C20H24N6O/c1-27-18-6-2-15(3-7-18)14-24-8-10-25(11-9-24)17-12-19-22-23-20(16-4-5-16)26(19)21-13-17/h2-3,6-7,12-13,16H,4-5,8-11,14H2,1H3. The van der Waals surface area contributed by atoms with E-state index in [4.69, 9.17) is 4.74 Å². The van der Waals surface area contributed by atoms with Crippen LogP contribution in [0.5, 0.6) is 5.75 Å². The summed E-state index contributed by atoms with van der Waals surface area (Å²) in [6, 6.07) is 10.5. The predicted molar refractivity (Wildman–Crippen MR) is 103 cm³/mol. The minimum Gasteiger partial charge on any atom is -0.497 e. The van der Waals surface area contributed by atoms with Crippen LogP contribution in [0.2, 0.25) is 0 Å². The van der Waals surface area contributed by atoms with Crippen LogP contribution in [-0.2, 0) is 6.54 Å². The number of hydrogen-bond donors (Lipinski definition) is 0. The Morgan fingerprint density at radius 2 is 1.81 bits per heavy atom. The molecule has 0 bridgehead atoms. The molecule has 2 aliphatic rings. The van der Waals surface area contributed by atoms with Gasteiger partial charge in [-0.1, -0.05) is 12.1 Å². The lowest BCUT2D eigenvalue weighted by atomic mass is 10.2. The van der Waals surface area contributed by atoms with Gasteiger partial charge in [-0.15, -0.1) is 10.2 Å². The van der Waals surface area contributed by atoms with Crippen LogP contribution in [-0.4, -0.2) is 58.0 Å². The monoisotopic (exact) mass is 364 g/mol. The van der Waals surface area contributed by atoms with E-state index in [1.807, 2.05) is 22.8 Å². The maximum absolute atomic E-state index is 5.23. The van der Waals surface area contributed by atoms with Gasteiger partial charge in [0.2, 0.25) is 0 Å². The number of hydrogen-bond acceptors (Lipinski definition) is 6. The van der Waals surface area contributed by atoms with Crippen molar-refractivity contribution >= 4 is 11.3 Å². The number of piperazine rings is 1. The Morgan fingerprint density at radius 1 is 1.04 bits per heavy atom. The van der Waals surface area contributed by atoms with Crippen LogP contribution in [0.15, 0.2) is 36.5 Å². The van der Waals surface area contributed by atoms with Gasteiger partial charge in [-0.05, 0) is 30.5 Å². The molecule has 27 heavy (non-hydrogen) atoms. The Bertz CT molecular complexity index is 925. The van der Waals surface area contributed by atoms with Crippen molar-refractivity contribution in [2.75, 3.05) is 38.2 Å². The molecule has 1 aromatic carbocycles. The Balaban J connectivity index is 1.22. The zero-order valence-electron chi connectivity index (χ0n) is 15.6. The predicted octanol–water partition coefficient (Wildman–Crippen LogP) is 2.33. The molecule has 5 rings (SSSR count). The van der Waals surface area contributed by atoms with E-state index in [2.05, 4.69) is 43.3 Å². The highest BCUT2D eigenvalue weighted by Crippen LogP contribution is 2.38. The molecule has 0 amide bonds. The molecule has 1 saturated heterocycles. The average molecular weight is 364 g/mol. The fourth-order valence-electron chi connectivity index (χ4n) is 3.72. The Morgan fingerprint density at radius 3 is 2.52 bits per heavy atom. The van der Waals surface area contributed by atoms with E-state index in [-0.39, 0.29) is 0 Å². The summed E-state index contributed by atoms with van der Waals surface area (Å²) >= 11 is 0. The van der Waals surface area contributed by atoms with Crippen LogP contribution >= 0.6 is 0 Å². The van der Waals surface area contributed by atoms with E-state index in [0.29, 0.717) is 5.92 Å². The van der Waals surface area contributed by atoms with E-state index in [1.54, 1.807) is 7.11 Å². The van der Waals surface area contributed by atoms with Gasteiger partial charge in [-0.3, -0.25) is 4.90 Å². The molecule has 3 heterocycles. The third-order valence-corrected chi connectivity index (χ3v) is 5.52. The van der Waals surface area contributed by atoms with E-state index >= 15 is 0 Å². The normalized spacial score (nSPS) is 18.2. The third kappa shape index (κ3) is 3.35. The summed E-state index contributed by atoms with van der Waals surface area (Å²) in [5, 5.41) is 13.3. The first-order valence-electron chi connectivity index (χ1n) is 9.62. The van der Waals surface area contributed by atoms with E-state index in [9.17, 15) is 0 Å². The SMILES string of the molecule is COc1ccc(CN2CCN(c3cnn4c(C5CC5)nnc4c3)CC2)cc1. The van der Waals surface area contributed by atoms with Crippen molar-refractivity contribution in [2.45, 2.75) is 25.3 Å². The average Bonchev–Trinajstić information content (AvgIpc) is 3.48. The number of ether oxygens (including phenoxy) is 1. The number of benzene rings is 1. The van der Waals surface area contributed by atoms with Crippen LogP contribution < -0.4 is 9.64 Å². The van der Waals surface area contributed by atoms with Gasteiger partial charge in [-0.25, -0.2) is 0 Å². The Labute approximate surface area is 158 Å². The summed E-state index contributed by atoms with van der Waals surface area (Å²) in [7, 11) is 1.70. The summed E-state index contributed by atoms with van der Waals surface area (Å²) in [6.07, 6.45) is 4.38. The van der Waals surface area contributed by atoms with Crippen molar-refractivity contribution < 1.29 is 4.74 Å². The van der Waals surface area contributed by atoms with Crippen LogP contribution in [0.25, 0.3) is 5.65 Å². The van der Waals surface area contributed by atoms with Crippen LogP contribution in [0.3, 0.4) is 0 Å². The molecule has 1 saturated carbocycles. The molecule has 0 atom stereocenters. The van der Waals surface area contributed by atoms with E-state index in [0.717, 1.165) is 55.6 Å². The first-order valence-corrected chi connectivity index (χ1v) is 9.62. The fourth-order valence-corrected chi connectivity index (χ4v) is 3.72. The zero-order valence-corrected chi connectivity index (χ0v) is 15.6. The lowest BCUT2D eigenvalue weighted by Gasteiger charge is -2.35. The number of rotatable bonds is 5. The van der Waals surface area contributed by atoms with Gasteiger partial charge in [0.1, 0.15) is 5.75 Å². The molecule has 1 aliphatic heterocycles. The van der Waals surface area contributed by atoms with Crippen molar-refractivity contribution in [3.05, 3.63) is 47.9 Å². The molecule has 1 aliphatic carbocycles. The van der Waals surface area contributed by atoms with Gasteiger partial charge in [0.05, 0.1) is 19.0 Å². The molecular formula is C20H24N6O. The second-order valence-electron chi connectivity index (χ2n) is 7.43. The molecule has 140 valence electrons. The number of anilines is 1. The van der Waals surface area contributed by atoms with E-state index in [1.165, 1.54) is 18.4 Å². The molecule has 2 aromatic heterocycles. The molecule has 7 nitrogen and oxygen atoms in total. The van der Waals surface area contributed by atoms with Crippen LogP contribution in [0.1, 0.15) is 30.1 Å². The second kappa shape index (κ2) is 6.81. The van der Waals surface area contributed by atoms with Gasteiger partial charge in [0.25, 0.3) is 0 Å². The van der Waals surface area contributed by atoms with Crippen molar-refractivity contribution in [1.82, 2.24) is 24.7 Å². The molecule has 0 N–H and O–H groups in total. The Kier molecular flexibility index (Phi) is 4.16. The topological polar surface area (TPSA) is 58.8 Å². The quantitative estimate of drug-likeness (QED) is 0.693. The van der Waals surface area contributed by atoms with Crippen molar-refractivity contribution in [3.63, 3.8) is 0 Å². The molecular weight excluding hydrogens is 340 g/mol. The van der Waals surface area contributed by atoms with Gasteiger partial charge < -0.3 is 9.64 Å². The lowest BCUT2D eigenvalue weighted by molar-refractivity contribution is 0.249. The highest BCUT2D eigenvalue weighted by atomic mass is 16.5. The molecule has 2 fully saturated rings. The minimum atomic E-state index is 0.555. The van der Waals surface area contributed by atoms with Crippen molar-refractivity contribution in [1.29, 1.82) is 0 Å². The summed E-state index contributed by atoms with van der Waals surface area (Å²) in [5.74, 6) is 2.48. The molecule has 7 heteroatoms. The summed E-state index contributed by atoms with van der Waals surface area (Å²) < 4.78 is 7.14.